The molecule has 0 radical (unpaired) electrons. The van der Waals surface area contributed by atoms with E-state index >= 15 is 0 Å². The van der Waals surface area contributed by atoms with Crippen LogP contribution < -0.4 is 5.32 Å². The van der Waals surface area contributed by atoms with Crippen LogP contribution in [-0.2, 0) is 32.3 Å². The van der Waals surface area contributed by atoms with Gasteiger partial charge in [-0.05, 0) is 25.0 Å². The number of carbonyl (C=O) groups excluding carboxylic acids is 1. The number of methoxy groups -OCH3 is 1. The molecule has 0 aromatic carbocycles. The molecular weight excluding hydrogens is 439 g/mol. The fourth-order valence-electron chi connectivity index (χ4n) is 3.16. The Hall–Kier alpha value is -2.51. The maximum absolute atomic E-state index is 12.9. The van der Waals surface area contributed by atoms with E-state index in [9.17, 15) is 26.4 Å². The second kappa shape index (κ2) is 9.32. The second-order valence-corrected chi connectivity index (χ2v) is 8.95. The highest BCUT2D eigenvalue weighted by Gasteiger charge is 2.35. The van der Waals surface area contributed by atoms with E-state index in [0.717, 1.165) is 12.1 Å². The summed E-state index contributed by atoms with van der Waals surface area (Å²) >= 11 is 0. The zero-order chi connectivity index (χ0) is 22.6. The molecule has 31 heavy (non-hydrogen) atoms. The van der Waals surface area contributed by atoms with Crippen LogP contribution in [0.4, 0.5) is 19.0 Å². The van der Waals surface area contributed by atoms with Gasteiger partial charge in [0.25, 0.3) is 10.0 Å². The molecule has 3 heterocycles. The highest BCUT2D eigenvalue weighted by molar-refractivity contribution is 7.89. The Morgan fingerprint density at radius 3 is 2.74 bits per heavy atom. The average Bonchev–Trinajstić information content (AvgIpc) is 3.22. The number of carbonyl (C=O) groups is 1. The number of halogens is 3. The molecule has 1 amide bonds. The number of sulfonamides is 1. The van der Waals surface area contributed by atoms with Crippen molar-refractivity contribution >= 4 is 21.7 Å². The first-order valence-corrected chi connectivity index (χ1v) is 10.9. The Kier molecular flexibility index (Phi) is 6.96. The molecule has 13 heteroatoms. The number of imidazole rings is 1. The van der Waals surface area contributed by atoms with Gasteiger partial charge in [-0.25, -0.2) is 18.4 Å². The fourth-order valence-corrected chi connectivity index (χ4v) is 4.62. The van der Waals surface area contributed by atoms with Crippen LogP contribution in [0.2, 0.25) is 0 Å². The zero-order valence-corrected chi connectivity index (χ0v) is 17.5. The molecular formula is C18H22F3N5O4S. The summed E-state index contributed by atoms with van der Waals surface area (Å²) in [5, 5.41) is 2.34. The molecule has 2 aromatic rings. The summed E-state index contributed by atoms with van der Waals surface area (Å²) in [4.78, 5) is 20.1. The maximum atomic E-state index is 12.9. The predicted molar refractivity (Wildman–Crippen MR) is 103 cm³/mol. The molecule has 1 N–H and O–H groups in total. The van der Waals surface area contributed by atoms with Crippen molar-refractivity contribution in [3.63, 3.8) is 0 Å². The van der Waals surface area contributed by atoms with Crippen LogP contribution in [0.5, 0.6) is 0 Å². The van der Waals surface area contributed by atoms with Crippen LogP contribution in [0.1, 0.15) is 18.4 Å². The Labute approximate surface area is 177 Å². The number of aromatic nitrogens is 3. The number of hydrogen-bond acceptors (Lipinski definition) is 6. The molecule has 0 aliphatic carbocycles. The van der Waals surface area contributed by atoms with Gasteiger partial charge in [-0.3, -0.25) is 4.79 Å². The van der Waals surface area contributed by atoms with Crippen molar-refractivity contribution in [2.45, 2.75) is 30.6 Å². The number of pyridine rings is 1. The number of amides is 1. The van der Waals surface area contributed by atoms with Crippen molar-refractivity contribution in [2.75, 3.05) is 32.1 Å². The predicted octanol–water partition coefficient (Wildman–Crippen LogP) is 1.98. The second-order valence-electron chi connectivity index (χ2n) is 7.06. The van der Waals surface area contributed by atoms with Gasteiger partial charge >= 0.3 is 6.18 Å². The third-order valence-electron chi connectivity index (χ3n) is 4.86. The summed E-state index contributed by atoms with van der Waals surface area (Å²) < 4.78 is 71.4. The lowest BCUT2D eigenvalue weighted by Crippen LogP contribution is -2.43. The summed E-state index contributed by atoms with van der Waals surface area (Å²) in [5.41, 5.74) is -0.926. The first-order valence-electron chi connectivity index (χ1n) is 9.46. The molecule has 0 saturated carbocycles. The number of hydrogen-bond donors (Lipinski definition) is 1. The molecule has 3 rings (SSSR count). The SMILES string of the molecule is COCCn1cnc(S(=O)(=O)N2CCC[C@@H](C(=O)Nc3ccc(C(F)(F)F)cn3)C2)c1. The summed E-state index contributed by atoms with van der Waals surface area (Å²) in [5.74, 6) is -1.20. The standard InChI is InChI=1S/C18H22F3N5O4S/c1-30-8-7-25-11-16(23-12-25)31(28,29)26-6-2-3-13(10-26)17(27)24-15-5-4-14(9-22-15)18(19,20)21/h4-5,9,11-13H,2-3,6-8,10H2,1H3,(H,22,24,27)/t13-/m1/s1. The quantitative estimate of drug-likeness (QED) is 0.676. The van der Waals surface area contributed by atoms with E-state index in [1.165, 1.54) is 23.9 Å². The molecule has 170 valence electrons. The van der Waals surface area contributed by atoms with E-state index in [1.54, 1.807) is 4.57 Å². The number of ether oxygens (including phenoxy) is 1. The van der Waals surface area contributed by atoms with Crippen molar-refractivity contribution in [3.05, 3.63) is 36.4 Å². The Morgan fingerprint density at radius 2 is 2.10 bits per heavy atom. The van der Waals surface area contributed by atoms with Gasteiger partial charge < -0.3 is 14.6 Å². The molecule has 0 unspecified atom stereocenters. The minimum absolute atomic E-state index is 0.0325. The van der Waals surface area contributed by atoms with Crippen LogP contribution in [-0.4, -0.2) is 60.0 Å². The lowest BCUT2D eigenvalue weighted by Gasteiger charge is -2.30. The molecule has 1 aliphatic rings. The summed E-state index contributed by atoms with van der Waals surface area (Å²) in [7, 11) is -2.35. The molecule has 2 aromatic heterocycles. The Morgan fingerprint density at radius 1 is 1.32 bits per heavy atom. The van der Waals surface area contributed by atoms with Crippen LogP contribution in [0.25, 0.3) is 0 Å². The summed E-state index contributed by atoms with van der Waals surface area (Å²) in [6.07, 6.45) is -0.180. The van der Waals surface area contributed by atoms with Crippen molar-refractivity contribution < 1.29 is 31.1 Å². The van der Waals surface area contributed by atoms with E-state index in [-0.39, 0.29) is 23.9 Å². The molecule has 1 atom stereocenters. The van der Waals surface area contributed by atoms with E-state index in [2.05, 4.69) is 15.3 Å². The maximum Gasteiger partial charge on any atom is 0.417 e. The zero-order valence-electron chi connectivity index (χ0n) is 16.7. The summed E-state index contributed by atoms with van der Waals surface area (Å²) in [6.45, 7) is 1.04. The van der Waals surface area contributed by atoms with Gasteiger partial charge in [-0.1, -0.05) is 0 Å². The van der Waals surface area contributed by atoms with Crippen molar-refractivity contribution in [3.8, 4) is 0 Å². The van der Waals surface area contributed by atoms with E-state index in [0.29, 0.717) is 32.2 Å². The van der Waals surface area contributed by atoms with Crippen LogP contribution in [0, 0.1) is 5.92 Å². The summed E-state index contributed by atoms with van der Waals surface area (Å²) in [6, 6.07) is 1.88. The van der Waals surface area contributed by atoms with Gasteiger partial charge in [0.1, 0.15) is 5.82 Å². The largest absolute Gasteiger partial charge is 0.417 e. The molecule has 1 aliphatic heterocycles. The minimum atomic E-state index is -4.52. The number of anilines is 1. The monoisotopic (exact) mass is 461 g/mol. The third-order valence-corrected chi connectivity index (χ3v) is 6.62. The van der Waals surface area contributed by atoms with Crippen LogP contribution in [0.3, 0.4) is 0 Å². The molecule has 0 spiro atoms. The smallest absolute Gasteiger partial charge is 0.383 e. The highest BCUT2D eigenvalue weighted by atomic mass is 32.2. The van der Waals surface area contributed by atoms with Gasteiger partial charge in [0.05, 0.1) is 24.4 Å². The average molecular weight is 461 g/mol. The topological polar surface area (TPSA) is 106 Å². The lowest BCUT2D eigenvalue weighted by molar-refractivity contribution is -0.137. The van der Waals surface area contributed by atoms with Gasteiger partial charge in [0, 0.05) is 39.1 Å². The van der Waals surface area contributed by atoms with Gasteiger partial charge in [-0.15, -0.1) is 0 Å². The van der Waals surface area contributed by atoms with E-state index < -0.39 is 33.6 Å². The molecule has 1 fully saturated rings. The van der Waals surface area contributed by atoms with Crippen molar-refractivity contribution in [1.82, 2.24) is 18.8 Å². The number of nitrogens with zero attached hydrogens (tertiary/aromatic N) is 4. The van der Waals surface area contributed by atoms with Gasteiger partial charge in [0.15, 0.2) is 5.03 Å². The van der Waals surface area contributed by atoms with Crippen molar-refractivity contribution in [1.29, 1.82) is 0 Å². The van der Waals surface area contributed by atoms with Crippen LogP contribution >= 0.6 is 0 Å². The van der Waals surface area contributed by atoms with E-state index in [1.807, 2.05) is 0 Å². The number of alkyl halides is 3. The van der Waals surface area contributed by atoms with E-state index in [4.69, 9.17) is 4.74 Å². The number of nitrogens with one attached hydrogen (secondary N) is 1. The number of piperidine rings is 1. The molecule has 0 bridgehead atoms. The molecule has 9 nitrogen and oxygen atoms in total. The van der Waals surface area contributed by atoms with Crippen LogP contribution in [0.15, 0.2) is 35.9 Å². The van der Waals surface area contributed by atoms with Gasteiger partial charge in [-0.2, -0.15) is 17.5 Å². The van der Waals surface area contributed by atoms with Gasteiger partial charge in [0.2, 0.25) is 5.91 Å². The lowest BCUT2D eigenvalue weighted by atomic mass is 9.99. The minimum Gasteiger partial charge on any atom is -0.383 e. The fraction of sp³-hybridized carbons (Fsp3) is 0.500. The Bertz CT molecular complexity index is 1010. The number of rotatable bonds is 7. The van der Waals surface area contributed by atoms with Crippen molar-refractivity contribution in [2.24, 2.45) is 5.92 Å². The third kappa shape index (κ3) is 5.60. The highest BCUT2D eigenvalue weighted by Crippen LogP contribution is 2.29. The first-order chi connectivity index (χ1) is 14.6. The molecule has 1 saturated heterocycles. The Balaban J connectivity index is 1.65. The first kappa shape index (κ1) is 23.2. The normalized spacial score (nSPS) is 18.1.